The molecule has 4 nitrogen and oxygen atoms in total. The van der Waals surface area contributed by atoms with E-state index in [-0.39, 0.29) is 22.6 Å². The van der Waals surface area contributed by atoms with Crippen LogP contribution in [-0.4, -0.2) is 35.8 Å². The molecule has 0 aromatic heterocycles. The SMILES string of the molecule is CCC(C)P(=O)(OCCCOP(=O)(C(C)CC)C(C)CC)C(C)CC. The standard InChI is InChI=1S/C19H42O4P2/c1-9-16(5)24(20,17(6)10-2)22-14-13-15-23-25(21,18(7)11-3)19(8)12-4/h16-19H,9-15H2,1-8H3. The van der Waals surface area contributed by atoms with Crippen LogP contribution >= 0.6 is 14.7 Å². The normalized spacial score (nSPS) is 21.8. The molecule has 0 bridgehead atoms. The number of hydrogen-bond acceptors (Lipinski definition) is 4. The van der Waals surface area contributed by atoms with Crippen molar-refractivity contribution in [2.45, 2.75) is 110 Å². The summed E-state index contributed by atoms with van der Waals surface area (Å²) < 4.78 is 38.3. The van der Waals surface area contributed by atoms with Gasteiger partial charge in [-0.1, -0.05) is 55.4 Å². The Kier molecular flexibility index (Phi) is 12.1. The lowest BCUT2D eigenvalue weighted by atomic mass is 10.4. The zero-order valence-corrected chi connectivity index (χ0v) is 19.6. The summed E-state index contributed by atoms with van der Waals surface area (Å²) >= 11 is 0. The second-order valence-electron chi connectivity index (χ2n) is 7.34. The molecule has 0 spiro atoms. The molecule has 0 radical (unpaired) electrons. The molecule has 4 atom stereocenters. The van der Waals surface area contributed by atoms with Crippen LogP contribution in [0.25, 0.3) is 0 Å². The molecule has 0 fully saturated rings. The number of rotatable bonds is 14. The van der Waals surface area contributed by atoms with Crippen LogP contribution in [0.4, 0.5) is 0 Å². The van der Waals surface area contributed by atoms with E-state index in [1.54, 1.807) is 0 Å². The van der Waals surface area contributed by atoms with Crippen LogP contribution in [0.5, 0.6) is 0 Å². The smallest absolute Gasteiger partial charge is 0.208 e. The molecule has 4 unspecified atom stereocenters. The third-order valence-corrected chi connectivity index (χ3v) is 13.2. The van der Waals surface area contributed by atoms with Crippen molar-refractivity contribution in [2.75, 3.05) is 13.2 Å². The van der Waals surface area contributed by atoms with Crippen LogP contribution in [0.15, 0.2) is 0 Å². The second-order valence-corrected chi connectivity index (χ2v) is 14.0. The molecular formula is C19H42O4P2. The van der Waals surface area contributed by atoms with Crippen molar-refractivity contribution in [2.24, 2.45) is 0 Å². The summed E-state index contributed by atoms with van der Waals surface area (Å²) in [5.74, 6) is 0. The quantitative estimate of drug-likeness (QED) is 0.231. The average molecular weight is 396 g/mol. The van der Waals surface area contributed by atoms with Crippen molar-refractivity contribution in [3.05, 3.63) is 0 Å². The molecule has 0 aliphatic heterocycles. The molecular weight excluding hydrogens is 354 g/mol. The average Bonchev–Trinajstić information content (AvgIpc) is 2.63. The molecule has 0 saturated carbocycles. The van der Waals surface area contributed by atoms with Gasteiger partial charge in [0, 0.05) is 22.6 Å². The monoisotopic (exact) mass is 396 g/mol. The fourth-order valence-corrected chi connectivity index (χ4v) is 8.49. The van der Waals surface area contributed by atoms with Gasteiger partial charge in [-0.05, 0) is 32.1 Å². The van der Waals surface area contributed by atoms with Crippen molar-refractivity contribution in [3.8, 4) is 0 Å². The van der Waals surface area contributed by atoms with Crippen LogP contribution in [0.1, 0.15) is 87.5 Å². The lowest BCUT2D eigenvalue weighted by Gasteiger charge is -2.30. The molecule has 0 rings (SSSR count). The Balaban J connectivity index is 4.69. The van der Waals surface area contributed by atoms with Gasteiger partial charge in [-0.25, -0.2) is 0 Å². The van der Waals surface area contributed by atoms with Gasteiger partial charge < -0.3 is 9.05 Å². The maximum Gasteiger partial charge on any atom is 0.208 e. The van der Waals surface area contributed by atoms with Gasteiger partial charge in [0.1, 0.15) is 0 Å². The summed E-state index contributed by atoms with van der Waals surface area (Å²) in [5, 5.41) is 0. The van der Waals surface area contributed by atoms with E-state index in [1.807, 2.05) is 27.7 Å². The van der Waals surface area contributed by atoms with Crippen molar-refractivity contribution in [1.29, 1.82) is 0 Å². The topological polar surface area (TPSA) is 52.6 Å². The Morgan fingerprint density at radius 1 is 0.600 bits per heavy atom. The first-order valence-corrected chi connectivity index (χ1v) is 13.6. The zero-order valence-electron chi connectivity index (χ0n) is 17.8. The molecule has 152 valence electrons. The van der Waals surface area contributed by atoms with E-state index in [0.717, 1.165) is 25.7 Å². The summed E-state index contributed by atoms with van der Waals surface area (Å²) in [7, 11) is -5.31. The summed E-state index contributed by atoms with van der Waals surface area (Å²) in [4.78, 5) is 0. The fourth-order valence-electron chi connectivity index (χ4n) is 2.87. The Hall–Kier alpha value is 0.380. The Morgan fingerprint density at radius 3 is 1.04 bits per heavy atom. The van der Waals surface area contributed by atoms with Gasteiger partial charge in [-0.15, -0.1) is 0 Å². The highest BCUT2D eigenvalue weighted by Gasteiger charge is 2.36. The predicted molar refractivity (Wildman–Crippen MR) is 111 cm³/mol. The fraction of sp³-hybridized carbons (Fsp3) is 1.00. The van der Waals surface area contributed by atoms with Crippen molar-refractivity contribution >= 4 is 14.7 Å². The summed E-state index contributed by atoms with van der Waals surface area (Å²) in [6, 6.07) is 0. The van der Waals surface area contributed by atoms with E-state index in [1.165, 1.54) is 0 Å². The Labute approximate surface area is 156 Å². The molecule has 0 aliphatic rings. The molecule has 6 heteroatoms. The highest BCUT2D eigenvalue weighted by atomic mass is 31.2. The Morgan fingerprint density at radius 2 is 0.840 bits per heavy atom. The van der Waals surface area contributed by atoms with Gasteiger partial charge in [0.05, 0.1) is 13.2 Å². The van der Waals surface area contributed by atoms with Gasteiger partial charge >= 0.3 is 0 Å². The lowest BCUT2D eigenvalue weighted by Crippen LogP contribution is -2.18. The molecule has 0 aliphatic carbocycles. The maximum atomic E-state index is 13.2. The van der Waals surface area contributed by atoms with Crippen LogP contribution in [-0.2, 0) is 18.2 Å². The highest BCUT2D eigenvalue weighted by molar-refractivity contribution is 7.60. The lowest BCUT2D eigenvalue weighted by molar-refractivity contribution is 0.238. The van der Waals surface area contributed by atoms with Gasteiger partial charge in [-0.2, -0.15) is 0 Å². The molecule has 0 heterocycles. The van der Waals surface area contributed by atoms with Gasteiger partial charge in [0.25, 0.3) is 0 Å². The predicted octanol–water partition coefficient (Wildman–Crippen LogP) is 7.16. The van der Waals surface area contributed by atoms with Crippen LogP contribution in [0.3, 0.4) is 0 Å². The van der Waals surface area contributed by atoms with Gasteiger partial charge in [0.15, 0.2) is 0 Å². The molecule has 0 saturated heterocycles. The van der Waals surface area contributed by atoms with Crippen LogP contribution in [0.2, 0.25) is 0 Å². The Bertz CT molecular complexity index is 385. The van der Waals surface area contributed by atoms with Gasteiger partial charge in [0.2, 0.25) is 14.7 Å². The van der Waals surface area contributed by atoms with E-state index < -0.39 is 14.7 Å². The third-order valence-electron chi connectivity index (χ3n) is 5.70. The minimum absolute atomic E-state index is 0.0784. The maximum absolute atomic E-state index is 13.2. The first-order chi connectivity index (χ1) is 11.6. The highest BCUT2D eigenvalue weighted by Crippen LogP contribution is 2.59. The largest absolute Gasteiger partial charge is 0.328 e. The molecule has 25 heavy (non-hydrogen) atoms. The molecule has 0 aromatic carbocycles. The van der Waals surface area contributed by atoms with E-state index in [0.29, 0.717) is 19.6 Å². The first-order valence-electron chi connectivity index (χ1n) is 10.1. The zero-order chi connectivity index (χ0) is 19.7. The second kappa shape index (κ2) is 12.0. The third kappa shape index (κ3) is 6.80. The summed E-state index contributed by atoms with van der Waals surface area (Å²) in [5.41, 5.74) is 0.314. The molecule has 0 N–H and O–H groups in total. The van der Waals surface area contributed by atoms with Gasteiger partial charge in [-0.3, -0.25) is 9.13 Å². The molecule has 0 amide bonds. The van der Waals surface area contributed by atoms with Crippen molar-refractivity contribution < 1.29 is 18.2 Å². The first kappa shape index (κ1) is 25.4. The van der Waals surface area contributed by atoms with Crippen LogP contribution < -0.4 is 0 Å². The van der Waals surface area contributed by atoms with Crippen molar-refractivity contribution in [3.63, 3.8) is 0 Å². The molecule has 0 aromatic rings. The minimum atomic E-state index is -2.66. The van der Waals surface area contributed by atoms with E-state index in [4.69, 9.17) is 9.05 Å². The summed E-state index contributed by atoms with van der Waals surface area (Å²) in [6.07, 6.45) is 4.06. The number of hydrogen-bond donors (Lipinski definition) is 0. The minimum Gasteiger partial charge on any atom is -0.328 e. The summed E-state index contributed by atoms with van der Waals surface area (Å²) in [6.45, 7) is 17.1. The van der Waals surface area contributed by atoms with E-state index >= 15 is 0 Å². The van der Waals surface area contributed by atoms with E-state index in [2.05, 4.69) is 27.7 Å². The van der Waals surface area contributed by atoms with E-state index in [9.17, 15) is 9.13 Å². The van der Waals surface area contributed by atoms with Crippen LogP contribution in [0, 0.1) is 0 Å². The van der Waals surface area contributed by atoms with Crippen molar-refractivity contribution in [1.82, 2.24) is 0 Å².